The first-order chi connectivity index (χ1) is 13.6. The molecule has 1 amide bonds. The second-order valence-corrected chi connectivity index (χ2v) is 7.11. The SMILES string of the molecule is O=C(/C=C/c1cc(Cl)c2c(c1)OCO2)Nc1cccc(Cl)c1N1CCOCC1. The Morgan fingerprint density at radius 2 is 1.93 bits per heavy atom. The first-order valence-electron chi connectivity index (χ1n) is 8.81. The van der Waals surface area contributed by atoms with Crippen molar-refractivity contribution in [2.75, 3.05) is 43.3 Å². The molecule has 0 spiro atoms. The molecule has 1 saturated heterocycles. The lowest BCUT2D eigenvalue weighted by Crippen LogP contribution is -2.37. The van der Waals surface area contributed by atoms with Crippen LogP contribution in [-0.4, -0.2) is 39.0 Å². The third kappa shape index (κ3) is 4.04. The molecule has 0 aliphatic carbocycles. The van der Waals surface area contributed by atoms with Crippen molar-refractivity contribution in [3.8, 4) is 11.5 Å². The van der Waals surface area contributed by atoms with Gasteiger partial charge in [-0.05, 0) is 35.9 Å². The van der Waals surface area contributed by atoms with Gasteiger partial charge >= 0.3 is 0 Å². The lowest BCUT2D eigenvalue weighted by atomic mass is 10.2. The monoisotopic (exact) mass is 420 g/mol. The molecule has 2 aromatic rings. The van der Waals surface area contributed by atoms with Crippen molar-refractivity contribution < 1.29 is 19.0 Å². The number of carbonyl (C=O) groups is 1. The first-order valence-corrected chi connectivity index (χ1v) is 9.57. The molecule has 146 valence electrons. The van der Waals surface area contributed by atoms with Crippen LogP contribution in [0.25, 0.3) is 6.08 Å². The Balaban J connectivity index is 1.51. The van der Waals surface area contributed by atoms with Crippen molar-refractivity contribution in [3.05, 3.63) is 52.0 Å². The zero-order valence-corrected chi connectivity index (χ0v) is 16.4. The maximum absolute atomic E-state index is 12.5. The van der Waals surface area contributed by atoms with Gasteiger partial charge in [-0.25, -0.2) is 0 Å². The summed E-state index contributed by atoms with van der Waals surface area (Å²) in [5, 5.41) is 3.94. The average Bonchev–Trinajstić information content (AvgIpc) is 3.16. The van der Waals surface area contributed by atoms with E-state index in [0.29, 0.717) is 40.4 Å². The Labute approximate surface area is 172 Å². The summed E-state index contributed by atoms with van der Waals surface area (Å²) in [6.07, 6.45) is 3.11. The third-order valence-electron chi connectivity index (χ3n) is 4.45. The van der Waals surface area contributed by atoms with Crippen LogP contribution in [0.4, 0.5) is 11.4 Å². The molecule has 0 unspecified atom stereocenters. The molecule has 2 aromatic carbocycles. The minimum absolute atomic E-state index is 0.141. The van der Waals surface area contributed by atoms with Gasteiger partial charge in [-0.15, -0.1) is 0 Å². The van der Waals surface area contributed by atoms with Crippen LogP contribution in [0.3, 0.4) is 0 Å². The third-order valence-corrected chi connectivity index (χ3v) is 5.03. The van der Waals surface area contributed by atoms with Crippen molar-refractivity contribution in [1.29, 1.82) is 0 Å². The number of ether oxygens (including phenoxy) is 3. The van der Waals surface area contributed by atoms with Crippen molar-refractivity contribution in [3.63, 3.8) is 0 Å². The van der Waals surface area contributed by atoms with Gasteiger partial charge in [-0.1, -0.05) is 29.3 Å². The summed E-state index contributed by atoms with van der Waals surface area (Å²) in [7, 11) is 0. The summed E-state index contributed by atoms with van der Waals surface area (Å²) in [5.74, 6) is 0.819. The maximum atomic E-state index is 12.5. The number of rotatable bonds is 4. The molecule has 6 nitrogen and oxygen atoms in total. The molecular formula is C20H18Cl2N2O4. The van der Waals surface area contributed by atoms with Gasteiger partial charge in [0.1, 0.15) is 0 Å². The number of benzene rings is 2. The highest BCUT2D eigenvalue weighted by Crippen LogP contribution is 2.40. The van der Waals surface area contributed by atoms with Gasteiger partial charge in [-0.3, -0.25) is 4.79 Å². The molecule has 1 fully saturated rings. The summed E-state index contributed by atoms with van der Waals surface area (Å²) in [5.41, 5.74) is 2.21. The van der Waals surface area contributed by atoms with Gasteiger partial charge in [0.25, 0.3) is 0 Å². The molecule has 0 radical (unpaired) electrons. The Hall–Kier alpha value is -2.41. The summed E-state index contributed by atoms with van der Waals surface area (Å²) >= 11 is 12.6. The predicted molar refractivity (Wildman–Crippen MR) is 110 cm³/mol. The number of hydrogen-bond acceptors (Lipinski definition) is 5. The minimum Gasteiger partial charge on any atom is -0.454 e. The van der Waals surface area contributed by atoms with Crippen molar-refractivity contribution in [2.45, 2.75) is 0 Å². The van der Waals surface area contributed by atoms with Crippen LogP contribution in [0.1, 0.15) is 5.56 Å². The number of anilines is 2. The number of hydrogen-bond donors (Lipinski definition) is 1. The smallest absolute Gasteiger partial charge is 0.248 e. The van der Waals surface area contributed by atoms with E-state index in [1.165, 1.54) is 6.08 Å². The molecule has 0 saturated carbocycles. The maximum Gasteiger partial charge on any atom is 0.248 e. The zero-order valence-electron chi connectivity index (χ0n) is 14.9. The largest absolute Gasteiger partial charge is 0.454 e. The van der Waals surface area contributed by atoms with E-state index in [0.717, 1.165) is 24.3 Å². The molecule has 2 heterocycles. The van der Waals surface area contributed by atoms with E-state index in [9.17, 15) is 4.79 Å². The Bertz CT molecular complexity index is 927. The topological polar surface area (TPSA) is 60.0 Å². The number of fused-ring (bicyclic) bond motifs is 1. The van der Waals surface area contributed by atoms with Crippen molar-refractivity contribution >= 4 is 46.6 Å². The van der Waals surface area contributed by atoms with E-state index in [-0.39, 0.29) is 12.7 Å². The van der Waals surface area contributed by atoms with Gasteiger partial charge in [0.05, 0.1) is 34.6 Å². The fourth-order valence-corrected chi connectivity index (χ4v) is 3.72. The first kappa shape index (κ1) is 18.9. The molecule has 0 aromatic heterocycles. The summed E-state index contributed by atoms with van der Waals surface area (Å²) < 4.78 is 16.0. The fourth-order valence-electron chi connectivity index (χ4n) is 3.15. The van der Waals surface area contributed by atoms with E-state index in [1.807, 2.05) is 18.2 Å². The number of amides is 1. The molecule has 2 aliphatic heterocycles. The predicted octanol–water partition coefficient (Wildman–Crippen LogP) is 4.21. The Morgan fingerprint density at radius 1 is 1.11 bits per heavy atom. The number of halogens is 2. The number of para-hydroxylation sites is 1. The number of nitrogens with zero attached hydrogens (tertiary/aromatic N) is 1. The summed E-state index contributed by atoms with van der Waals surface area (Å²) in [6, 6.07) is 8.95. The average molecular weight is 421 g/mol. The molecule has 28 heavy (non-hydrogen) atoms. The van der Waals surface area contributed by atoms with Crippen LogP contribution in [0.15, 0.2) is 36.4 Å². The molecule has 4 rings (SSSR count). The highest BCUT2D eigenvalue weighted by Gasteiger charge is 2.19. The van der Waals surface area contributed by atoms with Crippen LogP contribution >= 0.6 is 23.2 Å². The van der Waals surface area contributed by atoms with Crippen LogP contribution in [-0.2, 0) is 9.53 Å². The molecule has 8 heteroatoms. The number of carbonyl (C=O) groups excluding carboxylic acids is 1. The zero-order chi connectivity index (χ0) is 19.5. The molecule has 1 N–H and O–H groups in total. The highest BCUT2D eigenvalue weighted by atomic mass is 35.5. The van der Waals surface area contributed by atoms with E-state index in [2.05, 4.69) is 10.2 Å². The van der Waals surface area contributed by atoms with E-state index < -0.39 is 0 Å². The van der Waals surface area contributed by atoms with Gasteiger partial charge in [0.2, 0.25) is 12.7 Å². The van der Waals surface area contributed by atoms with Crippen LogP contribution in [0.5, 0.6) is 11.5 Å². The lowest BCUT2D eigenvalue weighted by molar-refractivity contribution is -0.111. The number of morpholine rings is 1. The second kappa shape index (κ2) is 8.31. The summed E-state index contributed by atoms with van der Waals surface area (Å²) in [6.45, 7) is 2.84. The van der Waals surface area contributed by atoms with Crippen molar-refractivity contribution in [1.82, 2.24) is 0 Å². The summed E-state index contributed by atoms with van der Waals surface area (Å²) in [4.78, 5) is 14.6. The Morgan fingerprint density at radius 3 is 2.75 bits per heavy atom. The van der Waals surface area contributed by atoms with Gasteiger partial charge in [-0.2, -0.15) is 0 Å². The molecular weight excluding hydrogens is 403 g/mol. The van der Waals surface area contributed by atoms with E-state index >= 15 is 0 Å². The second-order valence-electron chi connectivity index (χ2n) is 6.29. The number of nitrogens with one attached hydrogen (secondary N) is 1. The highest BCUT2D eigenvalue weighted by molar-refractivity contribution is 6.34. The quantitative estimate of drug-likeness (QED) is 0.750. The van der Waals surface area contributed by atoms with Crippen LogP contribution < -0.4 is 19.7 Å². The van der Waals surface area contributed by atoms with E-state index in [1.54, 1.807) is 18.2 Å². The lowest BCUT2D eigenvalue weighted by Gasteiger charge is -2.31. The van der Waals surface area contributed by atoms with E-state index in [4.69, 9.17) is 37.4 Å². The minimum atomic E-state index is -0.273. The van der Waals surface area contributed by atoms with Gasteiger partial charge in [0.15, 0.2) is 11.5 Å². The molecule has 0 atom stereocenters. The Kier molecular flexibility index (Phi) is 5.62. The molecule has 2 aliphatic rings. The van der Waals surface area contributed by atoms with Crippen molar-refractivity contribution in [2.24, 2.45) is 0 Å². The standard InChI is InChI=1S/C20H18Cl2N2O4/c21-14-2-1-3-16(19(14)24-6-8-26-9-7-24)23-18(25)5-4-13-10-15(22)20-17(11-13)27-12-28-20/h1-5,10-11H,6-9,12H2,(H,23,25)/b5-4+. The fraction of sp³-hybridized carbons (Fsp3) is 0.250. The van der Waals surface area contributed by atoms with Gasteiger partial charge in [0, 0.05) is 19.2 Å². The van der Waals surface area contributed by atoms with Crippen LogP contribution in [0.2, 0.25) is 10.0 Å². The van der Waals surface area contributed by atoms with Gasteiger partial charge < -0.3 is 24.4 Å². The normalized spacial score (nSPS) is 15.9. The molecule has 0 bridgehead atoms. The van der Waals surface area contributed by atoms with Crippen LogP contribution in [0, 0.1) is 0 Å².